The SMILES string of the molecule is CCCC(CCN)c1cccc(OCc2ccc(C#N)cc2F)n1. The summed E-state index contributed by atoms with van der Waals surface area (Å²) in [5.41, 5.74) is 7.33. The van der Waals surface area contributed by atoms with Crippen LogP contribution in [-0.2, 0) is 6.61 Å². The molecule has 0 radical (unpaired) electrons. The van der Waals surface area contributed by atoms with Crippen molar-refractivity contribution in [1.82, 2.24) is 4.98 Å². The monoisotopic (exact) mass is 327 g/mol. The fraction of sp³-hybridized carbons (Fsp3) is 0.368. The number of rotatable bonds is 8. The van der Waals surface area contributed by atoms with Crippen LogP contribution < -0.4 is 10.5 Å². The number of ether oxygens (including phenoxy) is 1. The lowest BCUT2D eigenvalue weighted by Gasteiger charge is -2.15. The summed E-state index contributed by atoms with van der Waals surface area (Å²) in [6.07, 6.45) is 2.97. The number of hydrogen-bond acceptors (Lipinski definition) is 4. The van der Waals surface area contributed by atoms with E-state index in [1.54, 1.807) is 18.2 Å². The van der Waals surface area contributed by atoms with Gasteiger partial charge in [-0.3, -0.25) is 0 Å². The Kier molecular flexibility index (Phi) is 6.71. The second-order valence-electron chi connectivity index (χ2n) is 5.67. The molecule has 0 aliphatic rings. The maximum Gasteiger partial charge on any atom is 0.213 e. The topological polar surface area (TPSA) is 71.9 Å². The van der Waals surface area contributed by atoms with Crippen LogP contribution in [0.15, 0.2) is 36.4 Å². The molecule has 2 rings (SSSR count). The third-order valence-electron chi connectivity index (χ3n) is 3.87. The van der Waals surface area contributed by atoms with Crippen LogP contribution in [0, 0.1) is 17.1 Å². The van der Waals surface area contributed by atoms with E-state index < -0.39 is 5.82 Å². The van der Waals surface area contributed by atoms with Crippen molar-refractivity contribution in [2.45, 2.75) is 38.7 Å². The second kappa shape index (κ2) is 8.99. The van der Waals surface area contributed by atoms with Crippen LogP contribution in [0.5, 0.6) is 5.88 Å². The van der Waals surface area contributed by atoms with Gasteiger partial charge in [-0.25, -0.2) is 9.37 Å². The number of hydrogen-bond donors (Lipinski definition) is 1. The Bertz CT molecular complexity index is 706. The second-order valence-corrected chi connectivity index (χ2v) is 5.67. The largest absolute Gasteiger partial charge is 0.473 e. The normalized spacial score (nSPS) is 11.8. The van der Waals surface area contributed by atoms with Crippen LogP contribution in [-0.4, -0.2) is 11.5 Å². The van der Waals surface area contributed by atoms with Crippen molar-refractivity contribution in [3.05, 3.63) is 59.0 Å². The summed E-state index contributed by atoms with van der Waals surface area (Å²) in [5.74, 6) is 0.335. The Hall–Kier alpha value is -2.45. The van der Waals surface area contributed by atoms with Gasteiger partial charge in [0.15, 0.2) is 0 Å². The van der Waals surface area contributed by atoms with Crippen molar-refractivity contribution < 1.29 is 9.13 Å². The zero-order valence-corrected chi connectivity index (χ0v) is 13.8. The molecule has 0 aliphatic carbocycles. The molecule has 0 saturated carbocycles. The van der Waals surface area contributed by atoms with E-state index in [4.69, 9.17) is 15.7 Å². The highest BCUT2D eigenvalue weighted by molar-refractivity contribution is 5.32. The molecule has 126 valence electrons. The zero-order valence-electron chi connectivity index (χ0n) is 13.8. The van der Waals surface area contributed by atoms with E-state index in [0.29, 0.717) is 29.5 Å². The minimum absolute atomic E-state index is 0.0727. The zero-order chi connectivity index (χ0) is 17.4. The van der Waals surface area contributed by atoms with Gasteiger partial charge < -0.3 is 10.5 Å². The van der Waals surface area contributed by atoms with Gasteiger partial charge in [-0.05, 0) is 37.6 Å². The summed E-state index contributed by atoms with van der Waals surface area (Å²) in [5, 5.41) is 8.76. The third-order valence-corrected chi connectivity index (χ3v) is 3.87. The van der Waals surface area contributed by atoms with Gasteiger partial charge in [0.25, 0.3) is 0 Å². The molecule has 24 heavy (non-hydrogen) atoms. The number of nitrogens with zero attached hydrogens (tertiary/aromatic N) is 2. The quantitative estimate of drug-likeness (QED) is 0.798. The first-order valence-electron chi connectivity index (χ1n) is 8.16. The number of nitriles is 1. The number of pyridine rings is 1. The van der Waals surface area contributed by atoms with Crippen molar-refractivity contribution in [2.24, 2.45) is 5.73 Å². The minimum atomic E-state index is -0.447. The summed E-state index contributed by atoms with van der Waals surface area (Å²) in [6.45, 7) is 2.83. The van der Waals surface area contributed by atoms with Crippen LogP contribution in [0.25, 0.3) is 0 Å². The summed E-state index contributed by atoms with van der Waals surface area (Å²) >= 11 is 0. The summed E-state index contributed by atoms with van der Waals surface area (Å²) in [4.78, 5) is 4.54. The molecule has 0 amide bonds. The van der Waals surface area contributed by atoms with Crippen molar-refractivity contribution in [3.8, 4) is 11.9 Å². The average molecular weight is 327 g/mol. The highest BCUT2D eigenvalue weighted by Gasteiger charge is 2.12. The van der Waals surface area contributed by atoms with Crippen molar-refractivity contribution in [3.63, 3.8) is 0 Å². The van der Waals surface area contributed by atoms with Gasteiger partial charge in [-0.1, -0.05) is 25.5 Å². The molecule has 1 atom stereocenters. The van der Waals surface area contributed by atoms with Crippen molar-refractivity contribution in [1.29, 1.82) is 5.26 Å². The van der Waals surface area contributed by atoms with E-state index in [0.717, 1.165) is 25.0 Å². The average Bonchev–Trinajstić information content (AvgIpc) is 2.60. The van der Waals surface area contributed by atoms with Crippen LogP contribution in [0.1, 0.15) is 48.9 Å². The molecule has 0 fully saturated rings. The Balaban J connectivity index is 2.08. The van der Waals surface area contributed by atoms with E-state index in [2.05, 4.69) is 11.9 Å². The number of benzene rings is 1. The third kappa shape index (κ3) is 4.77. The first-order valence-corrected chi connectivity index (χ1v) is 8.16. The summed E-state index contributed by atoms with van der Waals surface area (Å²) in [7, 11) is 0. The van der Waals surface area contributed by atoms with Crippen LogP contribution in [0.4, 0.5) is 4.39 Å². The Morgan fingerprint density at radius 1 is 1.29 bits per heavy atom. The maximum atomic E-state index is 13.9. The molecule has 5 heteroatoms. The van der Waals surface area contributed by atoms with E-state index in [1.807, 2.05) is 18.2 Å². The van der Waals surface area contributed by atoms with Gasteiger partial charge in [0.05, 0.1) is 11.6 Å². The number of halogens is 1. The Morgan fingerprint density at radius 2 is 2.12 bits per heavy atom. The highest BCUT2D eigenvalue weighted by Crippen LogP contribution is 2.24. The predicted octanol–water partition coefficient (Wildman–Crippen LogP) is 3.90. The number of aromatic nitrogens is 1. The lowest BCUT2D eigenvalue weighted by Crippen LogP contribution is -2.09. The predicted molar refractivity (Wildman–Crippen MR) is 91.0 cm³/mol. The van der Waals surface area contributed by atoms with Gasteiger partial charge in [0, 0.05) is 23.2 Å². The van der Waals surface area contributed by atoms with E-state index in [1.165, 1.54) is 6.07 Å². The Morgan fingerprint density at radius 3 is 2.79 bits per heavy atom. The molecule has 1 heterocycles. The van der Waals surface area contributed by atoms with Gasteiger partial charge in [-0.15, -0.1) is 0 Å². The van der Waals surface area contributed by atoms with E-state index >= 15 is 0 Å². The molecule has 0 bridgehead atoms. The fourth-order valence-corrected chi connectivity index (χ4v) is 2.61. The molecule has 0 spiro atoms. The molecule has 4 nitrogen and oxygen atoms in total. The van der Waals surface area contributed by atoms with Crippen molar-refractivity contribution >= 4 is 0 Å². The smallest absolute Gasteiger partial charge is 0.213 e. The molecule has 1 unspecified atom stereocenters. The molecular weight excluding hydrogens is 305 g/mol. The summed E-state index contributed by atoms with van der Waals surface area (Å²) < 4.78 is 19.5. The lowest BCUT2D eigenvalue weighted by atomic mass is 9.95. The highest BCUT2D eigenvalue weighted by atomic mass is 19.1. The first-order chi connectivity index (χ1) is 11.7. The Labute approximate surface area is 142 Å². The number of nitrogens with two attached hydrogens (primary N) is 1. The first kappa shape index (κ1) is 17.9. The van der Waals surface area contributed by atoms with Crippen LogP contribution in [0.3, 0.4) is 0 Å². The fourth-order valence-electron chi connectivity index (χ4n) is 2.61. The van der Waals surface area contributed by atoms with Gasteiger partial charge >= 0.3 is 0 Å². The molecule has 1 aromatic heterocycles. The van der Waals surface area contributed by atoms with Crippen molar-refractivity contribution in [2.75, 3.05) is 6.54 Å². The molecule has 1 aromatic carbocycles. The molecule has 2 N–H and O–H groups in total. The standard InChI is InChI=1S/C19H22FN3O/c1-2-4-15(9-10-21)18-5-3-6-19(23-18)24-13-16-8-7-14(12-22)11-17(16)20/h3,5-8,11,15H,2,4,9-10,13,21H2,1H3. The van der Waals surface area contributed by atoms with Gasteiger partial charge in [0.2, 0.25) is 5.88 Å². The molecule has 0 saturated heterocycles. The van der Waals surface area contributed by atoms with Crippen LogP contribution >= 0.6 is 0 Å². The van der Waals surface area contributed by atoms with E-state index in [-0.39, 0.29) is 6.61 Å². The minimum Gasteiger partial charge on any atom is -0.473 e. The van der Waals surface area contributed by atoms with Crippen LogP contribution in [0.2, 0.25) is 0 Å². The lowest BCUT2D eigenvalue weighted by molar-refractivity contribution is 0.286. The van der Waals surface area contributed by atoms with Gasteiger partial charge in [-0.2, -0.15) is 5.26 Å². The van der Waals surface area contributed by atoms with E-state index in [9.17, 15) is 4.39 Å². The molecular formula is C19H22FN3O. The summed E-state index contributed by atoms with van der Waals surface area (Å²) in [6, 6.07) is 11.9. The van der Waals surface area contributed by atoms with Gasteiger partial charge in [0.1, 0.15) is 12.4 Å². The maximum absolute atomic E-state index is 13.9. The molecule has 0 aliphatic heterocycles. The molecule has 2 aromatic rings.